The van der Waals surface area contributed by atoms with Crippen molar-refractivity contribution in [1.82, 2.24) is 4.90 Å². The Morgan fingerprint density at radius 2 is 2.19 bits per heavy atom. The summed E-state index contributed by atoms with van der Waals surface area (Å²) in [6.07, 6.45) is 2.15. The molecule has 1 aromatic carbocycles. The molecule has 0 saturated carbocycles. The van der Waals surface area contributed by atoms with Gasteiger partial charge < -0.3 is 10.6 Å². The third-order valence-electron chi connectivity index (χ3n) is 4.13. The third kappa shape index (κ3) is 3.65. The largest absolute Gasteiger partial charge is 0.336 e. The number of amides is 1. The average Bonchev–Trinajstić information content (AvgIpc) is 2.45. The van der Waals surface area contributed by atoms with Crippen molar-refractivity contribution in [2.75, 3.05) is 13.1 Å². The average molecular weight is 284 g/mol. The van der Waals surface area contributed by atoms with Gasteiger partial charge in [-0.25, -0.2) is 0 Å². The second-order valence-electron chi connectivity index (χ2n) is 6.03. The van der Waals surface area contributed by atoms with Crippen molar-refractivity contribution in [3.63, 3.8) is 0 Å². The van der Waals surface area contributed by atoms with Gasteiger partial charge in [0.2, 0.25) is 0 Å². The van der Waals surface area contributed by atoms with E-state index < -0.39 is 0 Å². The van der Waals surface area contributed by atoms with E-state index in [1.165, 1.54) is 0 Å². The molecule has 1 aliphatic heterocycles. The first-order chi connectivity index (χ1) is 10.0. The molecular weight excluding hydrogens is 260 g/mol. The summed E-state index contributed by atoms with van der Waals surface area (Å²) in [4.78, 5) is 14.9. The van der Waals surface area contributed by atoms with E-state index in [4.69, 9.17) is 5.73 Å². The lowest BCUT2D eigenvalue weighted by Crippen LogP contribution is -2.44. The number of nitrogens with zero attached hydrogens (tertiary/aromatic N) is 1. The van der Waals surface area contributed by atoms with Gasteiger partial charge in [0.1, 0.15) is 0 Å². The van der Waals surface area contributed by atoms with Crippen molar-refractivity contribution in [1.29, 1.82) is 0 Å². The molecule has 1 saturated heterocycles. The van der Waals surface area contributed by atoms with Crippen LogP contribution in [0.25, 0.3) is 0 Å². The van der Waals surface area contributed by atoms with Crippen LogP contribution in [0.2, 0.25) is 0 Å². The van der Waals surface area contributed by atoms with Crippen LogP contribution in [0.3, 0.4) is 0 Å². The van der Waals surface area contributed by atoms with E-state index in [9.17, 15) is 4.79 Å². The van der Waals surface area contributed by atoms with E-state index in [1.54, 1.807) is 0 Å². The summed E-state index contributed by atoms with van der Waals surface area (Å²) >= 11 is 0. The van der Waals surface area contributed by atoms with Crippen LogP contribution in [0.15, 0.2) is 18.2 Å². The number of nitrogens with two attached hydrogens (primary N) is 1. The van der Waals surface area contributed by atoms with Gasteiger partial charge in [0.25, 0.3) is 5.91 Å². The minimum atomic E-state index is 0.0967. The van der Waals surface area contributed by atoms with E-state index >= 15 is 0 Å². The summed E-state index contributed by atoms with van der Waals surface area (Å²) in [5.41, 5.74) is 8.01. The Labute approximate surface area is 127 Å². The molecule has 0 bridgehead atoms. The van der Waals surface area contributed by atoms with Crippen LogP contribution in [0.5, 0.6) is 0 Å². The molecule has 2 unspecified atom stereocenters. The lowest BCUT2D eigenvalue weighted by Gasteiger charge is -2.36. The highest BCUT2D eigenvalue weighted by molar-refractivity contribution is 5.97. The molecule has 0 spiro atoms. The highest BCUT2D eigenvalue weighted by Gasteiger charge is 2.28. The number of piperidine rings is 1. The Morgan fingerprint density at radius 1 is 1.43 bits per heavy atom. The summed E-state index contributed by atoms with van der Waals surface area (Å²) < 4.78 is 0. The maximum absolute atomic E-state index is 12.9. The Hall–Kier alpha value is -1.79. The van der Waals surface area contributed by atoms with E-state index in [-0.39, 0.29) is 11.9 Å². The topological polar surface area (TPSA) is 46.3 Å². The second-order valence-corrected chi connectivity index (χ2v) is 6.03. The molecule has 112 valence electrons. The first-order valence-corrected chi connectivity index (χ1v) is 7.63. The van der Waals surface area contributed by atoms with E-state index in [1.807, 2.05) is 30.0 Å². The first kappa shape index (κ1) is 15.6. The van der Waals surface area contributed by atoms with Crippen LogP contribution in [0.4, 0.5) is 0 Å². The lowest BCUT2D eigenvalue weighted by molar-refractivity contribution is 0.0588. The molecule has 2 N–H and O–H groups in total. The quantitative estimate of drug-likeness (QED) is 0.806. The highest BCUT2D eigenvalue weighted by atomic mass is 16.2. The van der Waals surface area contributed by atoms with Gasteiger partial charge in [-0.05, 0) is 44.7 Å². The Kier molecular flexibility index (Phi) is 5.03. The number of aryl methyl sites for hydroxylation is 1. The van der Waals surface area contributed by atoms with Gasteiger partial charge >= 0.3 is 0 Å². The minimum absolute atomic E-state index is 0.0967. The standard InChI is InChI=1S/C18H24N2O/c1-13-6-7-16(5-4-9-19)17(12-13)18(21)20-10-8-14(2)11-15(20)3/h6-7,12,14-15H,8-11,19H2,1-3H3. The number of carbonyl (C=O) groups excluding carboxylic acids is 1. The molecule has 3 nitrogen and oxygen atoms in total. The molecule has 0 radical (unpaired) electrons. The smallest absolute Gasteiger partial charge is 0.255 e. The summed E-state index contributed by atoms with van der Waals surface area (Å²) in [7, 11) is 0. The number of rotatable bonds is 1. The SMILES string of the molecule is Cc1ccc(C#CCN)c(C(=O)N2CCC(C)CC2C)c1. The number of likely N-dealkylation sites (tertiary alicyclic amines) is 1. The van der Waals surface area contributed by atoms with Gasteiger partial charge in [0.05, 0.1) is 12.1 Å². The minimum Gasteiger partial charge on any atom is -0.336 e. The number of hydrogen-bond acceptors (Lipinski definition) is 2. The van der Waals surface area contributed by atoms with Crippen molar-refractivity contribution in [2.45, 2.75) is 39.7 Å². The van der Waals surface area contributed by atoms with Gasteiger partial charge in [0, 0.05) is 18.2 Å². The van der Waals surface area contributed by atoms with E-state index in [2.05, 4.69) is 25.7 Å². The van der Waals surface area contributed by atoms with Crippen LogP contribution in [-0.2, 0) is 0 Å². The third-order valence-corrected chi connectivity index (χ3v) is 4.13. The Bertz CT molecular complexity index is 583. The molecule has 2 atom stereocenters. The molecule has 3 heteroatoms. The number of hydrogen-bond donors (Lipinski definition) is 1. The fourth-order valence-electron chi connectivity index (χ4n) is 2.95. The molecule has 1 aromatic rings. The van der Waals surface area contributed by atoms with Crippen molar-refractivity contribution in [2.24, 2.45) is 11.7 Å². The van der Waals surface area contributed by atoms with Gasteiger partial charge in [-0.1, -0.05) is 30.4 Å². The number of benzene rings is 1. The molecule has 1 amide bonds. The van der Waals surface area contributed by atoms with Crippen LogP contribution >= 0.6 is 0 Å². The first-order valence-electron chi connectivity index (χ1n) is 7.63. The predicted octanol–water partition coefficient (Wildman–Crippen LogP) is 2.57. The maximum Gasteiger partial charge on any atom is 0.255 e. The van der Waals surface area contributed by atoms with Crippen molar-refractivity contribution < 1.29 is 4.79 Å². The van der Waals surface area contributed by atoms with Gasteiger partial charge in [-0.15, -0.1) is 0 Å². The molecule has 1 fully saturated rings. The van der Waals surface area contributed by atoms with Gasteiger partial charge in [0.15, 0.2) is 0 Å². The zero-order valence-corrected chi connectivity index (χ0v) is 13.1. The molecule has 1 aliphatic rings. The monoisotopic (exact) mass is 284 g/mol. The normalized spacial score (nSPS) is 21.6. The molecule has 21 heavy (non-hydrogen) atoms. The fraction of sp³-hybridized carbons (Fsp3) is 0.500. The highest BCUT2D eigenvalue weighted by Crippen LogP contribution is 2.25. The molecule has 1 heterocycles. The summed E-state index contributed by atoms with van der Waals surface area (Å²) in [5, 5.41) is 0. The molecule has 2 rings (SSSR count). The van der Waals surface area contributed by atoms with Crippen LogP contribution in [-0.4, -0.2) is 29.9 Å². The maximum atomic E-state index is 12.9. The summed E-state index contributed by atoms with van der Waals surface area (Å²) in [6.45, 7) is 7.52. The molecular formula is C18H24N2O. The number of carbonyl (C=O) groups is 1. The zero-order valence-electron chi connectivity index (χ0n) is 13.1. The fourth-order valence-corrected chi connectivity index (χ4v) is 2.95. The zero-order chi connectivity index (χ0) is 15.4. The molecule has 0 aliphatic carbocycles. The van der Waals surface area contributed by atoms with Crippen molar-refractivity contribution in [3.05, 3.63) is 34.9 Å². The lowest BCUT2D eigenvalue weighted by atomic mass is 9.92. The van der Waals surface area contributed by atoms with E-state index in [0.717, 1.165) is 30.5 Å². The summed E-state index contributed by atoms with van der Waals surface area (Å²) in [6, 6.07) is 6.13. The molecule has 0 aromatic heterocycles. The summed E-state index contributed by atoms with van der Waals surface area (Å²) in [5.74, 6) is 6.66. The Balaban J connectivity index is 2.32. The van der Waals surface area contributed by atoms with Crippen LogP contribution in [0.1, 0.15) is 48.2 Å². The second kappa shape index (κ2) is 6.78. The van der Waals surface area contributed by atoms with Gasteiger partial charge in [-0.3, -0.25) is 4.79 Å². The predicted molar refractivity (Wildman–Crippen MR) is 86.0 cm³/mol. The Morgan fingerprint density at radius 3 is 2.86 bits per heavy atom. The van der Waals surface area contributed by atoms with Crippen LogP contribution in [0, 0.1) is 24.7 Å². The van der Waals surface area contributed by atoms with Gasteiger partial charge in [-0.2, -0.15) is 0 Å². The van der Waals surface area contributed by atoms with Crippen molar-refractivity contribution >= 4 is 5.91 Å². The van der Waals surface area contributed by atoms with Crippen molar-refractivity contribution in [3.8, 4) is 11.8 Å². The van der Waals surface area contributed by atoms with E-state index in [0.29, 0.717) is 18.0 Å². The van der Waals surface area contributed by atoms with Crippen LogP contribution < -0.4 is 5.73 Å².